The number of likely N-dealkylation sites (N-methyl/N-ethyl adjacent to an activating group) is 1. The third-order valence-corrected chi connectivity index (χ3v) is 4.90. The highest BCUT2D eigenvalue weighted by molar-refractivity contribution is 6.01. The number of aromatic nitrogens is 4. The fourth-order valence-corrected chi connectivity index (χ4v) is 3.36. The summed E-state index contributed by atoms with van der Waals surface area (Å²) in [5, 5.41) is 10.5. The van der Waals surface area contributed by atoms with Gasteiger partial charge in [-0.25, -0.2) is 4.98 Å². The van der Waals surface area contributed by atoms with Crippen molar-refractivity contribution in [2.24, 2.45) is 5.92 Å². The Morgan fingerprint density at radius 2 is 1.97 bits per heavy atom. The molecule has 29 heavy (non-hydrogen) atoms. The van der Waals surface area contributed by atoms with E-state index < -0.39 is 11.9 Å². The van der Waals surface area contributed by atoms with Gasteiger partial charge in [-0.3, -0.25) is 19.5 Å². The van der Waals surface area contributed by atoms with E-state index in [0.717, 1.165) is 11.3 Å². The highest BCUT2D eigenvalue weighted by Crippen LogP contribution is 2.25. The van der Waals surface area contributed by atoms with Crippen LogP contribution in [-0.2, 0) is 17.6 Å². The van der Waals surface area contributed by atoms with Gasteiger partial charge in [0, 0.05) is 19.4 Å². The molecule has 0 radical (unpaired) electrons. The van der Waals surface area contributed by atoms with Gasteiger partial charge in [-0.05, 0) is 17.9 Å². The van der Waals surface area contributed by atoms with Crippen molar-refractivity contribution in [2.45, 2.75) is 25.8 Å². The number of hydrogen-bond donors (Lipinski definition) is 1. The fraction of sp³-hybridized carbons (Fsp3) is 0.300. The molecule has 4 rings (SSSR count). The normalized spacial score (nSPS) is 18.8. The van der Waals surface area contributed by atoms with Crippen molar-refractivity contribution in [3.05, 3.63) is 65.8 Å². The van der Waals surface area contributed by atoms with Gasteiger partial charge in [0.05, 0.1) is 12.1 Å². The van der Waals surface area contributed by atoms with Gasteiger partial charge in [0.25, 0.3) is 5.91 Å². The van der Waals surface area contributed by atoms with Crippen LogP contribution in [-0.4, -0.2) is 45.1 Å². The average Bonchev–Trinajstić information content (AvgIpc) is 3.17. The van der Waals surface area contributed by atoms with Gasteiger partial charge in [0.1, 0.15) is 6.04 Å². The van der Waals surface area contributed by atoms with Gasteiger partial charge >= 0.3 is 11.8 Å². The molecule has 0 saturated heterocycles. The largest absolute Gasteiger partial charge is 0.417 e. The van der Waals surface area contributed by atoms with E-state index >= 15 is 0 Å². The number of nitrogens with zero attached hydrogens (tertiary/aromatic N) is 5. The molecular formula is C20H20N6O3. The Morgan fingerprint density at radius 3 is 2.76 bits per heavy atom. The molecule has 0 aliphatic carbocycles. The van der Waals surface area contributed by atoms with Crippen LogP contribution in [0.5, 0.6) is 0 Å². The first kappa shape index (κ1) is 18.7. The van der Waals surface area contributed by atoms with Gasteiger partial charge in [0.2, 0.25) is 5.89 Å². The molecule has 0 unspecified atom stereocenters. The van der Waals surface area contributed by atoms with Crippen LogP contribution in [0.4, 0.5) is 5.82 Å². The zero-order chi connectivity index (χ0) is 20.4. The van der Waals surface area contributed by atoms with Crippen LogP contribution in [0.15, 0.2) is 47.1 Å². The molecule has 1 aromatic carbocycles. The van der Waals surface area contributed by atoms with Crippen LogP contribution >= 0.6 is 0 Å². The van der Waals surface area contributed by atoms with Gasteiger partial charge in [0.15, 0.2) is 5.82 Å². The molecule has 9 heteroatoms. The number of hydrogen-bond acceptors (Lipinski definition) is 7. The van der Waals surface area contributed by atoms with Gasteiger partial charge < -0.3 is 9.73 Å². The average molecular weight is 392 g/mol. The van der Waals surface area contributed by atoms with Crippen LogP contribution in [0.1, 0.15) is 34.8 Å². The molecule has 3 aromatic rings. The summed E-state index contributed by atoms with van der Waals surface area (Å²) in [4.78, 5) is 35.6. The Morgan fingerprint density at radius 1 is 1.21 bits per heavy atom. The van der Waals surface area contributed by atoms with Crippen molar-refractivity contribution in [1.29, 1.82) is 0 Å². The summed E-state index contributed by atoms with van der Waals surface area (Å²) < 4.78 is 5.50. The molecule has 3 heterocycles. The van der Waals surface area contributed by atoms with Crippen molar-refractivity contribution in [2.75, 3.05) is 11.9 Å². The van der Waals surface area contributed by atoms with E-state index in [1.54, 1.807) is 19.4 Å². The Kier molecular flexibility index (Phi) is 5.03. The third kappa shape index (κ3) is 3.84. The Balaban J connectivity index is 1.49. The molecule has 1 N–H and O–H groups in total. The topological polar surface area (TPSA) is 114 Å². The minimum atomic E-state index is -0.757. The molecule has 0 fully saturated rings. The first-order chi connectivity index (χ1) is 14.0. The Hall–Kier alpha value is -3.62. The maximum Gasteiger partial charge on any atom is 0.309 e. The lowest BCUT2D eigenvalue weighted by Crippen LogP contribution is -2.50. The SMILES string of the molecule is C[C@@H]1Cc2nccnc2N(C)C(=O)[C@@H]1NC(=O)c1nnc(Cc2ccccc2)o1. The molecule has 0 spiro atoms. The summed E-state index contributed by atoms with van der Waals surface area (Å²) in [6, 6.07) is 8.86. The third-order valence-electron chi connectivity index (χ3n) is 4.90. The van der Waals surface area contributed by atoms with Crippen molar-refractivity contribution < 1.29 is 14.0 Å². The van der Waals surface area contributed by atoms with Crippen molar-refractivity contribution >= 4 is 17.6 Å². The molecule has 1 aliphatic heterocycles. The summed E-state index contributed by atoms with van der Waals surface area (Å²) in [5.74, 6) is -0.366. The van der Waals surface area contributed by atoms with Gasteiger partial charge in [-0.2, -0.15) is 0 Å². The molecule has 2 atom stereocenters. The summed E-state index contributed by atoms with van der Waals surface area (Å²) in [6.45, 7) is 1.88. The molecule has 0 bridgehead atoms. The molecule has 2 amide bonds. The predicted octanol–water partition coefficient (Wildman–Crippen LogP) is 1.40. The number of nitrogens with one attached hydrogen (secondary N) is 1. The second-order valence-corrected chi connectivity index (χ2v) is 7.02. The zero-order valence-electron chi connectivity index (χ0n) is 16.1. The molecular weight excluding hydrogens is 372 g/mol. The van der Waals surface area contributed by atoms with Crippen LogP contribution in [0, 0.1) is 5.92 Å². The highest BCUT2D eigenvalue weighted by Gasteiger charge is 2.36. The maximum atomic E-state index is 12.9. The summed E-state index contributed by atoms with van der Waals surface area (Å²) >= 11 is 0. The van der Waals surface area contributed by atoms with E-state index in [1.165, 1.54) is 4.90 Å². The smallest absolute Gasteiger partial charge is 0.309 e. The van der Waals surface area contributed by atoms with E-state index in [9.17, 15) is 9.59 Å². The van der Waals surface area contributed by atoms with Crippen molar-refractivity contribution in [3.63, 3.8) is 0 Å². The molecule has 1 aliphatic rings. The van der Waals surface area contributed by atoms with E-state index in [1.807, 2.05) is 37.3 Å². The minimum Gasteiger partial charge on any atom is -0.417 e. The number of fused-ring (bicyclic) bond motifs is 1. The summed E-state index contributed by atoms with van der Waals surface area (Å²) in [7, 11) is 1.62. The number of benzene rings is 1. The quantitative estimate of drug-likeness (QED) is 0.714. The fourth-order valence-electron chi connectivity index (χ4n) is 3.36. The maximum absolute atomic E-state index is 12.9. The van der Waals surface area contributed by atoms with Crippen molar-refractivity contribution in [3.8, 4) is 0 Å². The van der Waals surface area contributed by atoms with Crippen LogP contribution < -0.4 is 10.2 Å². The zero-order valence-corrected chi connectivity index (χ0v) is 16.1. The van der Waals surface area contributed by atoms with E-state index in [2.05, 4.69) is 25.5 Å². The van der Waals surface area contributed by atoms with Crippen LogP contribution in [0.2, 0.25) is 0 Å². The molecule has 2 aromatic heterocycles. The van der Waals surface area contributed by atoms with E-state index in [0.29, 0.717) is 24.6 Å². The first-order valence-electron chi connectivity index (χ1n) is 9.27. The number of carbonyl (C=O) groups excluding carboxylic acids is 2. The van der Waals surface area contributed by atoms with Crippen LogP contribution in [0.3, 0.4) is 0 Å². The van der Waals surface area contributed by atoms with E-state index in [4.69, 9.17) is 4.42 Å². The lowest BCUT2D eigenvalue weighted by atomic mass is 9.97. The lowest BCUT2D eigenvalue weighted by Gasteiger charge is -2.23. The number of amides is 2. The van der Waals surface area contributed by atoms with E-state index in [-0.39, 0.29) is 17.7 Å². The second kappa shape index (κ2) is 7.78. The number of rotatable bonds is 4. The van der Waals surface area contributed by atoms with Crippen LogP contribution in [0.25, 0.3) is 0 Å². The van der Waals surface area contributed by atoms with Gasteiger partial charge in [-0.15, -0.1) is 10.2 Å². The monoisotopic (exact) mass is 392 g/mol. The van der Waals surface area contributed by atoms with Crippen molar-refractivity contribution in [1.82, 2.24) is 25.5 Å². The first-order valence-corrected chi connectivity index (χ1v) is 9.27. The highest BCUT2D eigenvalue weighted by atomic mass is 16.4. The molecule has 0 saturated carbocycles. The minimum absolute atomic E-state index is 0.170. The molecule has 9 nitrogen and oxygen atoms in total. The molecule has 148 valence electrons. The van der Waals surface area contributed by atoms with Gasteiger partial charge in [-0.1, -0.05) is 37.3 Å². The standard InChI is InChI=1S/C20H20N6O3/c1-12-10-14-17(22-9-8-21-14)26(2)20(28)16(12)23-18(27)19-25-24-15(29-19)11-13-6-4-3-5-7-13/h3-9,12,16H,10-11H2,1-2H3,(H,23,27)/t12-,16-/m1/s1. The Bertz CT molecular complexity index is 1040. The predicted molar refractivity (Wildman–Crippen MR) is 103 cm³/mol. The summed E-state index contributed by atoms with van der Waals surface area (Å²) in [5.41, 5.74) is 1.71. The lowest BCUT2D eigenvalue weighted by molar-refractivity contribution is -0.121. The number of anilines is 1. The summed E-state index contributed by atoms with van der Waals surface area (Å²) in [6.07, 6.45) is 4.07. The number of carbonyl (C=O) groups is 2. The second-order valence-electron chi connectivity index (χ2n) is 7.02. The Labute approximate surface area is 167 Å².